The Hall–Kier alpha value is -0.810. The van der Waals surface area contributed by atoms with Crippen LogP contribution < -0.4 is 10.2 Å². The lowest BCUT2D eigenvalue weighted by atomic mass is 10.1. The molecular weight excluding hydrogens is 244 g/mol. The molecule has 0 saturated heterocycles. The molecule has 4 nitrogen and oxygen atoms in total. The molecule has 0 aliphatic carbocycles. The number of nitrogens with one attached hydrogen (secondary N) is 1. The van der Waals surface area contributed by atoms with Crippen LogP contribution in [0.25, 0.3) is 0 Å². The molecule has 5 heteroatoms. The van der Waals surface area contributed by atoms with Crippen LogP contribution >= 0.6 is 11.8 Å². The van der Waals surface area contributed by atoms with Gasteiger partial charge in [-0.2, -0.15) is 16.9 Å². The van der Waals surface area contributed by atoms with E-state index in [1.807, 2.05) is 30.9 Å². The van der Waals surface area contributed by atoms with Gasteiger partial charge < -0.3 is 10.2 Å². The lowest BCUT2D eigenvalue weighted by Gasteiger charge is -2.20. The Morgan fingerprint density at radius 2 is 2.00 bits per heavy atom. The van der Waals surface area contributed by atoms with E-state index in [4.69, 9.17) is 0 Å². The Kier molecular flexibility index (Phi) is 5.88. The van der Waals surface area contributed by atoms with Gasteiger partial charge in [-0.15, -0.1) is 5.10 Å². The smallest absolute Gasteiger partial charge is 0.151 e. The molecule has 102 valence electrons. The lowest BCUT2D eigenvalue weighted by Crippen LogP contribution is -2.35. The minimum Gasteiger partial charge on any atom is -0.357 e. The maximum absolute atomic E-state index is 4.26. The van der Waals surface area contributed by atoms with Gasteiger partial charge in [-0.05, 0) is 39.2 Å². The Labute approximate surface area is 115 Å². The van der Waals surface area contributed by atoms with Crippen LogP contribution in [0.1, 0.15) is 26.5 Å². The number of rotatable bonds is 6. The van der Waals surface area contributed by atoms with Gasteiger partial charge in [0.2, 0.25) is 0 Å². The minimum absolute atomic E-state index is 0.107. The fourth-order valence-electron chi connectivity index (χ4n) is 1.35. The summed E-state index contributed by atoms with van der Waals surface area (Å²) in [4.78, 5) is 2.13. The Bertz CT molecular complexity index is 345. The molecule has 0 aliphatic rings. The lowest BCUT2D eigenvalue weighted by molar-refractivity contribution is 0.420. The van der Waals surface area contributed by atoms with Crippen LogP contribution in [0.2, 0.25) is 0 Å². The topological polar surface area (TPSA) is 41.0 Å². The average molecular weight is 268 g/mol. The molecule has 0 amide bonds. The van der Waals surface area contributed by atoms with Crippen molar-refractivity contribution in [1.82, 2.24) is 15.5 Å². The van der Waals surface area contributed by atoms with E-state index >= 15 is 0 Å². The van der Waals surface area contributed by atoms with Crippen molar-refractivity contribution < 1.29 is 0 Å². The molecule has 1 aromatic heterocycles. The third kappa shape index (κ3) is 5.69. The van der Waals surface area contributed by atoms with Gasteiger partial charge in [0.1, 0.15) is 0 Å². The molecule has 0 aromatic carbocycles. The molecule has 0 unspecified atom stereocenters. The van der Waals surface area contributed by atoms with Crippen LogP contribution in [-0.2, 0) is 6.54 Å². The second-order valence-corrected chi connectivity index (χ2v) is 6.39. The first kappa shape index (κ1) is 15.2. The maximum atomic E-state index is 4.26. The average Bonchev–Trinajstić information content (AvgIpc) is 2.33. The largest absolute Gasteiger partial charge is 0.357 e. The summed E-state index contributed by atoms with van der Waals surface area (Å²) in [6.07, 6.45) is 2.11. The molecule has 18 heavy (non-hydrogen) atoms. The molecule has 0 bridgehead atoms. The molecule has 0 saturated carbocycles. The van der Waals surface area contributed by atoms with Gasteiger partial charge in [-0.1, -0.05) is 0 Å². The van der Waals surface area contributed by atoms with Gasteiger partial charge in [0, 0.05) is 31.4 Å². The van der Waals surface area contributed by atoms with E-state index in [-0.39, 0.29) is 5.54 Å². The number of aromatic nitrogens is 2. The van der Waals surface area contributed by atoms with Crippen molar-refractivity contribution >= 4 is 17.6 Å². The summed E-state index contributed by atoms with van der Waals surface area (Å²) >= 11 is 1.84. The summed E-state index contributed by atoms with van der Waals surface area (Å²) in [5.41, 5.74) is 1.09. The monoisotopic (exact) mass is 268 g/mol. The van der Waals surface area contributed by atoms with Gasteiger partial charge in [-0.3, -0.25) is 0 Å². The second-order valence-electron chi connectivity index (χ2n) is 5.40. The molecule has 0 spiro atoms. The van der Waals surface area contributed by atoms with Crippen LogP contribution in [0.5, 0.6) is 0 Å². The van der Waals surface area contributed by atoms with Crippen molar-refractivity contribution in [3.8, 4) is 0 Å². The number of anilines is 1. The normalized spacial score (nSPS) is 11.6. The highest BCUT2D eigenvalue weighted by Crippen LogP contribution is 2.09. The zero-order valence-electron chi connectivity index (χ0n) is 12.0. The van der Waals surface area contributed by atoms with Crippen molar-refractivity contribution in [2.75, 3.05) is 30.5 Å². The van der Waals surface area contributed by atoms with E-state index in [0.29, 0.717) is 0 Å². The van der Waals surface area contributed by atoms with E-state index in [0.717, 1.165) is 30.4 Å². The van der Waals surface area contributed by atoms with E-state index in [2.05, 4.69) is 47.4 Å². The van der Waals surface area contributed by atoms with Crippen LogP contribution in [-0.4, -0.2) is 41.3 Å². The van der Waals surface area contributed by atoms with Gasteiger partial charge >= 0.3 is 0 Å². The fraction of sp³-hybridized carbons (Fsp3) is 0.692. The summed E-state index contributed by atoms with van der Waals surface area (Å²) in [6, 6.07) is 4.07. The minimum atomic E-state index is 0.107. The Balaban J connectivity index is 2.52. The number of thioether (sulfide) groups is 1. The summed E-state index contributed by atoms with van der Waals surface area (Å²) in [6.45, 7) is 8.18. The molecule has 1 aromatic rings. The van der Waals surface area contributed by atoms with Crippen LogP contribution in [0, 0.1) is 0 Å². The van der Waals surface area contributed by atoms with E-state index in [1.54, 1.807) is 0 Å². The van der Waals surface area contributed by atoms with Crippen LogP contribution in [0.4, 0.5) is 5.82 Å². The third-order valence-corrected chi connectivity index (χ3v) is 3.12. The Morgan fingerprint density at radius 3 is 2.50 bits per heavy atom. The van der Waals surface area contributed by atoms with E-state index in [1.165, 1.54) is 0 Å². The van der Waals surface area contributed by atoms with Crippen molar-refractivity contribution in [3.63, 3.8) is 0 Å². The molecule has 1 N–H and O–H groups in total. The first-order valence-electron chi connectivity index (χ1n) is 6.20. The first-order valence-corrected chi connectivity index (χ1v) is 7.59. The van der Waals surface area contributed by atoms with Crippen LogP contribution in [0.3, 0.4) is 0 Å². The van der Waals surface area contributed by atoms with Crippen molar-refractivity contribution in [2.45, 2.75) is 32.9 Å². The summed E-state index contributed by atoms with van der Waals surface area (Å²) in [5, 5.41) is 11.9. The molecule has 0 fully saturated rings. The first-order chi connectivity index (χ1) is 8.42. The standard InChI is InChI=1S/C13H24N4S/c1-13(2,3)14-10-11-6-7-12(16-15-11)17(4)8-9-18-5/h6-7,14H,8-10H2,1-5H3. The van der Waals surface area contributed by atoms with Crippen LogP contribution in [0.15, 0.2) is 12.1 Å². The molecule has 1 heterocycles. The second kappa shape index (κ2) is 6.95. The molecular formula is C13H24N4S. The highest BCUT2D eigenvalue weighted by molar-refractivity contribution is 7.98. The maximum Gasteiger partial charge on any atom is 0.151 e. The summed E-state index contributed by atoms with van der Waals surface area (Å²) in [5.74, 6) is 2.04. The third-order valence-electron chi connectivity index (χ3n) is 2.53. The van der Waals surface area contributed by atoms with Gasteiger partial charge in [0.15, 0.2) is 5.82 Å². The van der Waals surface area contributed by atoms with E-state index < -0.39 is 0 Å². The van der Waals surface area contributed by atoms with Gasteiger partial charge in [0.25, 0.3) is 0 Å². The van der Waals surface area contributed by atoms with Crippen molar-refractivity contribution in [1.29, 1.82) is 0 Å². The van der Waals surface area contributed by atoms with E-state index in [9.17, 15) is 0 Å². The zero-order chi connectivity index (χ0) is 13.6. The zero-order valence-corrected chi connectivity index (χ0v) is 12.8. The van der Waals surface area contributed by atoms with Crippen molar-refractivity contribution in [2.24, 2.45) is 0 Å². The predicted molar refractivity (Wildman–Crippen MR) is 80.3 cm³/mol. The number of hydrogen-bond acceptors (Lipinski definition) is 5. The molecule has 0 radical (unpaired) electrons. The highest BCUT2D eigenvalue weighted by atomic mass is 32.2. The Morgan fingerprint density at radius 1 is 1.28 bits per heavy atom. The van der Waals surface area contributed by atoms with Gasteiger partial charge in [0.05, 0.1) is 5.69 Å². The predicted octanol–water partition coefficient (Wildman–Crippen LogP) is 2.16. The number of hydrogen-bond donors (Lipinski definition) is 1. The fourth-order valence-corrected chi connectivity index (χ4v) is 1.81. The summed E-state index contributed by atoms with van der Waals surface area (Å²) in [7, 11) is 2.05. The van der Waals surface area contributed by atoms with Gasteiger partial charge in [-0.25, -0.2) is 0 Å². The van der Waals surface area contributed by atoms with Crippen molar-refractivity contribution in [3.05, 3.63) is 17.8 Å². The molecule has 0 atom stereocenters. The number of nitrogens with zero attached hydrogens (tertiary/aromatic N) is 3. The molecule has 1 rings (SSSR count). The highest BCUT2D eigenvalue weighted by Gasteiger charge is 2.09. The molecule has 0 aliphatic heterocycles. The summed E-state index contributed by atoms with van der Waals surface area (Å²) < 4.78 is 0. The SMILES string of the molecule is CSCCN(C)c1ccc(CNC(C)(C)C)nn1. The quantitative estimate of drug-likeness (QED) is 0.856.